The predicted molar refractivity (Wildman–Crippen MR) is 104 cm³/mol. The van der Waals surface area contributed by atoms with Gasteiger partial charge >= 0.3 is 12.2 Å². The second kappa shape index (κ2) is 8.45. The van der Waals surface area contributed by atoms with Gasteiger partial charge in [-0.25, -0.2) is 14.0 Å². The van der Waals surface area contributed by atoms with Crippen LogP contribution in [0.15, 0.2) is 12.1 Å². The number of alkyl carbamates (subject to hydrolysis) is 1. The average molecular weight is 383 g/mol. The Morgan fingerprint density at radius 2 is 1.52 bits per heavy atom. The lowest BCUT2D eigenvalue weighted by atomic mass is 10.1. The van der Waals surface area contributed by atoms with Crippen LogP contribution in [0.4, 0.5) is 25.4 Å². The molecule has 0 aliphatic heterocycles. The van der Waals surface area contributed by atoms with Gasteiger partial charge in [-0.15, -0.1) is 0 Å². The topological polar surface area (TPSA) is 79.9 Å². The van der Waals surface area contributed by atoms with Crippen LogP contribution in [-0.4, -0.2) is 37.5 Å². The molecule has 0 saturated heterocycles. The molecule has 2 amide bonds. The van der Waals surface area contributed by atoms with Crippen LogP contribution < -0.4 is 15.5 Å². The SMILES string of the molecule is CN(C)c1cc(F)cc(NC(=O)OC(C)(C)C)c1CNC(=O)OC(C)(C)C. The first kappa shape index (κ1) is 22.5. The van der Waals surface area contributed by atoms with Gasteiger partial charge < -0.3 is 19.7 Å². The third-order valence-corrected chi connectivity index (χ3v) is 3.12. The smallest absolute Gasteiger partial charge is 0.412 e. The van der Waals surface area contributed by atoms with Gasteiger partial charge in [0.15, 0.2) is 0 Å². The minimum atomic E-state index is -0.712. The van der Waals surface area contributed by atoms with E-state index in [0.717, 1.165) is 0 Å². The van der Waals surface area contributed by atoms with E-state index in [2.05, 4.69) is 10.6 Å². The van der Waals surface area contributed by atoms with Gasteiger partial charge in [0.05, 0.1) is 12.2 Å². The quantitative estimate of drug-likeness (QED) is 0.812. The van der Waals surface area contributed by atoms with E-state index < -0.39 is 29.2 Å². The highest BCUT2D eigenvalue weighted by Crippen LogP contribution is 2.29. The zero-order chi connectivity index (χ0) is 21.0. The molecule has 0 heterocycles. The molecule has 152 valence electrons. The van der Waals surface area contributed by atoms with Crippen molar-refractivity contribution in [3.05, 3.63) is 23.5 Å². The summed E-state index contributed by atoms with van der Waals surface area (Å²) >= 11 is 0. The summed E-state index contributed by atoms with van der Waals surface area (Å²) in [5.74, 6) is -0.522. The van der Waals surface area contributed by atoms with Crippen molar-refractivity contribution in [1.82, 2.24) is 5.32 Å². The summed E-state index contributed by atoms with van der Waals surface area (Å²) in [4.78, 5) is 25.8. The average Bonchev–Trinajstić information content (AvgIpc) is 2.41. The monoisotopic (exact) mass is 383 g/mol. The van der Waals surface area contributed by atoms with Crippen LogP contribution in [-0.2, 0) is 16.0 Å². The molecule has 0 spiro atoms. The van der Waals surface area contributed by atoms with Crippen molar-refractivity contribution in [1.29, 1.82) is 0 Å². The number of rotatable bonds is 4. The molecule has 0 bridgehead atoms. The molecule has 1 aromatic carbocycles. The van der Waals surface area contributed by atoms with E-state index in [1.807, 2.05) is 0 Å². The number of nitrogens with zero attached hydrogens (tertiary/aromatic N) is 1. The van der Waals surface area contributed by atoms with E-state index in [1.54, 1.807) is 60.5 Å². The number of carbonyl (C=O) groups is 2. The molecule has 0 unspecified atom stereocenters. The minimum absolute atomic E-state index is 0.0356. The van der Waals surface area contributed by atoms with Gasteiger partial charge in [-0.2, -0.15) is 0 Å². The lowest BCUT2D eigenvalue weighted by molar-refractivity contribution is 0.0523. The Balaban J connectivity index is 3.11. The first-order valence-electron chi connectivity index (χ1n) is 8.64. The van der Waals surface area contributed by atoms with Crippen LogP contribution in [0, 0.1) is 5.82 Å². The van der Waals surface area contributed by atoms with Crippen molar-refractivity contribution in [2.75, 3.05) is 24.3 Å². The van der Waals surface area contributed by atoms with Crippen LogP contribution in [0.1, 0.15) is 47.1 Å². The zero-order valence-electron chi connectivity index (χ0n) is 17.3. The Morgan fingerprint density at radius 3 is 2.00 bits per heavy atom. The number of benzene rings is 1. The molecule has 27 heavy (non-hydrogen) atoms. The minimum Gasteiger partial charge on any atom is -0.444 e. The highest BCUT2D eigenvalue weighted by molar-refractivity contribution is 5.87. The van der Waals surface area contributed by atoms with Crippen molar-refractivity contribution < 1.29 is 23.5 Å². The van der Waals surface area contributed by atoms with Crippen molar-refractivity contribution in [2.45, 2.75) is 59.3 Å². The largest absolute Gasteiger partial charge is 0.444 e. The summed E-state index contributed by atoms with van der Waals surface area (Å²) < 4.78 is 24.5. The van der Waals surface area contributed by atoms with Gasteiger partial charge in [0.25, 0.3) is 0 Å². The van der Waals surface area contributed by atoms with Crippen LogP contribution in [0.5, 0.6) is 0 Å². The summed E-state index contributed by atoms with van der Waals surface area (Å²) in [5, 5.41) is 5.18. The van der Waals surface area contributed by atoms with Gasteiger partial charge in [-0.05, 0) is 53.7 Å². The maximum atomic E-state index is 14.0. The lowest BCUT2D eigenvalue weighted by Gasteiger charge is -2.24. The summed E-state index contributed by atoms with van der Waals surface area (Å²) in [6, 6.07) is 2.51. The zero-order valence-corrected chi connectivity index (χ0v) is 17.3. The first-order chi connectivity index (χ1) is 12.2. The molecule has 2 N–H and O–H groups in total. The number of nitrogens with one attached hydrogen (secondary N) is 2. The molecule has 0 fully saturated rings. The van der Waals surface area contributed by atoms with E-state index in [4.69, 9.17) is 9.47 Å². The summed E-state index contributed by atoms with van der Waals surface area (Å²) in [5.41, 5.74) is -0.0924. The number of hydrogen-bond acceptors (Lipinski definition) is 5. The standard InChI is InChI=1S/C19H30FN3O4/c1-18(2,3)26-16(24)21-11-13-14(22-17(25)27-19(4,5)6)9-12(20)10-15(13)23(7)8/h9-10H,11H2,1-8H3,(H,21,24)(H,22,25). The predicted octanol–water partition coefficient (Wildman–Crippen LogP) is 4.26. The second-order valence-electron chi connectivity index (χ2n) is 8.33. The molecule has 0 atom stereocenters. The fourth-order valence-electron chi connectivity index (χ4n) is 2.21. The van der Waals surface area contributed by atoms with Gasteiger partial charge in [-0.3, -0.25) is 5.32 Å². The van der Waals surface area contributed by atoms with Crippen LogP contribution >= 0.6 is 0 Å². The highest BCUT2D eigenvalue weighted by Gasteiger charge is 2.21. The molecule has 0 aromatic heterocycles. The third-order valence-electron chi connectivity index (χ3n) is 3.12. The maximum absolute atomic E-state index is 14.0. The van der Waals surface area contributed by atoms with Gasteiger partial charge in [0.2, 0.25) is 0 Å². The summed E-state index contributed by atoms with van der Waals surface area (Å²) in [6.45, 7) is 10.5. The summed E-state index contributed by atoms with van der Waals surface area (Å²) in [7, 11) is 3.48. The number of amides is 2. The number of hydrogen-bond donors (Lipinski definition) is 2. The Bertz CT molecular complexity index is 691. The fraction of sp³-hybridized carbons (Fsp3) is 0.579. The highest BCUT2D eigenvalue weighted by atomic mass is 19.1. The Hall–Kier alpha value is -2.51. The molecule has 0 aliphatic carbocycles. The number of halogens is 1. The summed E-state index contributed by atoms with van der Waals surface area (Å²) in [6.07, 6.45) is -1.32. The van der Waals surface area contributed by atoms with Crippen molar-refractivity contribution in [3.8, 4) is 0 Å². The molecule has 1 rings (SSSR count). The van der Waals surface area contributed by atoms with Crippen molar-refractivity contribution in [3.63, 3.8) is 0 Å². The van der Waals surface area contributed by atoms with Crippen LogP contribution in [0.3, 0.4) is 0 Å². The van der Waals surface area contributed by atoms with E-state index in [0.29, 0.717) is 11.3 Å². The number of carbonyl (C=O) groups excluding carboxylic acids is 2. The normalized spacial score (nSPS) is 11.6. The Morgan fingerprint density at radius 1 is 1.00 bits per heavy atom. The molecule has 0 aliphatic rings. The first-order valence-corrected chi connectivity index (χ1v) is 8.64. The van der Waals surface area contributed by atoms with Gasteiger partial charge in [-0.1, -0.05) is 0 Å². The Kier molecular flexibility index (Phi) is 7.05. The van der Waals surface area contributed by atoms with Gasteiger partial charge in [0.1, 0.15) is 17.0 Å². The van der Waals surface area contributed by atoms with Crippen LogP contribution in [0.25, 0.3) is 0 Å². The third kappa shape index (κ3) is 8.15. The molecule has 0 radical (unpaired) electrons. The van der Waals surface area contributed by atoms with Crippen molar-refractivity contribution >= 4 is 23.6 Å². The van der Waals surface area contributed by atoms with Gasteiger partial charge in [0, 0.05) is 25.3 Å². The van der Waals surface area contributed by atoms with Crippen molar-refractivity contribution in [2.24, 2.45) is 0 Å². The fourth-order valence-corrected chi connectivity index (χ4v) is 2.21. The number of anilines is 2. The van der Waals surface area contributed by atoms with Crippen LogP contribution in [0.2, 0.25) is 0 Å². The molecular weight excluding hydrogens is 353 g/mol. The molecule has 0 saturated carbocycles. The lowest BCUT2D eigenvalue weighted by Crippen LogP contribution is -2.33. The van der Waals surface area contributed by atoms with E-state index in [1.165, 1.54) is 12.1 Å². The van der Waals surface area contributed by atoms with E-state index >= 15 is 0 Å². The van der Waals surface area contributed by atoms with E-state index in [-0.39, 0.29) is 12.2 Å². The maximum Gasteiger partial charge on any atom is 0.412 e. The van der Waals surface area contributed by atoms with E-state index in [9.17, 15) is 14.0 Å². The molecule has 8 heteroatoms. The molecular formula is C19H30FN3O4. The molecule has 1 aromatic rings. The molecule has 7 nitrogen and oxygen atoms in total. The Labute approximate surface area is 160 Å². The second-order valence-corrected chi connectivity index (χ2v) is 8.33. The number of ether oxygens (including phenoxy) is 2.